The van der Waals surface area contributed by atoms with E-state index >= 15 is 0 Å². The SMILES string of the molecule is CC(C)CCCl.[AlH3]. The zero-order valence-corrected chi connectivity index (χ0v) is 5.13. The Kier molecular flexibility index (Phi) is 10.5. The van der Waals surface area contributed by atoms with E-state index in [2.05, 4.69) is 13.8 Å². The Balaban J connectivity index is 0. The standard InChI is InChI=1S/C5H11Cl.Al.3H/c1-5(2)3-4-6;;;;/h5H,3-4H2,1-2H3;;;;. The van der Waals surface area contributed by atoms with Crippen LogP contribution in [0, 0.1) is 5.92 Å². The van der Waals surface area contributed by atoms with Crippen molar-refractivity contribution in [1.29, 1.82) is 0 Å². The lowest BCUT2D eigenvalue weighted by atomic mass is 10.2. The second-order valence-electron chi connectivity index (χ2n) is 1.87. The molecule has 0 nitrogen and oxygen atoms in total. The molecule has 0 unspecified atom stereocenters. The molecule has 0 atom stereocenters. The molecule has 0 aliphatic heterocycles. The van der Waals surface area contributed by atoms with Gasteiger partial charge in [0.05, 0.1) is 0 Å². The topological polar surface area (TPSA) is 0 Å². The van der Waals surface area contributed by atoms with E-state index in [9.17, 15) is 0 Å². The van der Waals surface area contributed by atoms with E-state index in [1.165, 1.54) is 0 Å². The van der Waals surface area contributed by atoms with Crippen LogP contribution in [0.4, 0.5) is 0 Å². The molecule has 0 amide bonds. The van der Waals surface area contributed by atoms with Gasteiger partial charge in [0.25, 0.3) is 0 Å². The van der Waals surface area contributed by atoms with Crippen molar-refractivity contribution in [3.63, 3.8) is 0 Å². The largest absolute Gasteiger partial charge is 0.187 e. The van der Waals surface area contributed by atoms with Crippen molar-refractivity contribution >= 4 is 29.0 Å². The van der Waals surface area contributed by atoms with Gasteiger partial charge in [-0.3, -0.25) is 0 Å². The number of hydrogen-bond acceptors (Lipinski definition) is 0. The molecule has 0 aromatic carbocycles. The molecule has 0 bridgehead atoms. The average Bonchev–Trinajstić information content (AvgIpc) is 1.35. The van der Waals surface area contributed by atoms with Crippen LogP contribution in [0.25, 0.3) is 0 Å². The summed E-state index contributed by atoms with van der Waals surface area (Å²) in [4.78, 5) is 0. The lowest BCUT2D eigenvalue weighted by Crippen LogP contribution is -1.85. The smallest absolute Gasteiger partial charge is 0.127 e. The summed E-state index contributed by atoms with van der Waals surface area (Å²) in [5.74, 6) is 1.57. The Morgan fingerprint density at radius 1 is 1.43 bits per heavy atom. The van der Waals surface area contributed by atoms with Gasteiger partial charge in [-0.05, 0) is 12.3 Å². The summed E-state index contributed by atoms with van der Waals surface area (Å²) in [6.07, 6.45) is 1.14. The first-order valence-corrected chi connectivity index (χ1v) is 2.86. The van der Waals surface area contributed by atoms with Gasteiger partial charge >= 0.3 is 0 Å². The monoisotopic (exact) mass is 136 g/mol. The van der Waals surface area contributed by atoms with Crippen LogP contribution >= 0.6 is 11.6 Å². The zero-order valence-electron chi connectivity index (χ0n) is 4.37. The van der Waals surface area contributed by atoms with E-state index in [0.29, 0.717) is 0 Å². The van der Waals surface area contributed by atoms with Crippen molar-refractivity contribution in [2.45, 2.75) is 20.3 Å². The molecule has 0 aliphatic carbocycles. The highest BCUT2D eigenvalue weighted by Crippen LogP contribution is 1.98. The number of rotatable bonds is 2. The van der Waals surface area contributed by atoms with Gasteiger partial charge in [0, 0.05) is 5.88 Å². The second kappa shape index (κ2) is 6.82. The van der Waals surface area contributed by atoms with Gasteiger partial charge in [-0.15, -0.1) is 11.6 Å². The van der Waals surface area contributed by atoms with Gasteiger partial charge in [-0.2, -0.15) is 0 Å². The van der Waals surface area contributed by atoms with Gasteiger partial charge in [0.15, 0.2) is 17.4 Å². The predicted octanol–water partition coefficient (Wildman–Crippen LogP) is 1.09. The number of alkyl halides is 1. The van der Waals surface area contributed by atoms with Crippen molar-refractivity contribution in [3.05, 3.63) is 0 Å². The molecule has 0 rings (SSSR count). The summed E-state index contributed by atoms with van der Waals surface area (Å²) >= 11 is 5.40. The lowest BCUT2D eigenvalue weighted by Gasteiger charge is -1.94. The van der Waals surface area contributed by atoms with E-state index in [1.807, 2.05) is 0 Å². The number of hydrogen-bond donors (Lipinski definition) is 0. The maximum absolute atomic E-state index is 5.40. The Hall–Kier alpha value is 0.822. The average molecular weight is 137 g/mol. The van der Waals surface area contributed by atoms with Crippen molar-refractivity contribution < 1.29 is 0 Å². The molecule has 0 aromatic heterocycles. The van der Waals surface area contributed by atoms with Gasteiger partial charge in [-0.25, -0.2) is 0 Å². The van der Waals surface area contributed by atoms with Gasteiger partial charge in [-0.1, -0.05) is 13.8 Å². The van der Waals surface area contributed by atoms with Gasteiger partial charge in [0.1, 0.15) is 0 Å². The van der Waals surface area contributed by atoms with Crippen LogP contribution in [-0.2, 0) is 0 Å². The summed E-state index contributed by atoms with van der Waals surface area (Å²) in [5, 5.41) is 0. The summed E-state index contributed by atoms with van der Waals surface area (Å²) in [7, 11) is 0. The Labute approximate surface area is 61.4 Å². The molecule has 0 radical (unpaired) electrons. The molecule has 0 saturated carbocycles. The van der Waals surface area contributed by atoms with Crippen LogP contribution in [-0.4, -0.2) is 23.2 Å². The Morgan fingerprint density at radius 2 is 1.86 bits per heavy atom. The fraction of sp³-hybridized carbons (Fsp3) is 1.00. The van der Waals surface area contributed by atoms with Crippen LogP contribution in [0.3, 0.4) is 0 Å². The first-order valence-electron chi connectivity index (χ1n) is 2.33. The van der Waals surface area contributed by atoms with Crippen molar-refractivity contribution in [2.75, 3.05) is 5.88 Å². The maximum atomic E-state index is 5.40. The lowest BCUT2D eigenvalue weighted by molar-refractivity contribution is 0.630. The second-order valence-corrected chi connectivity index (χ2v) is 2.25. The Morgan fingerprint density at radius 3 is 1.86 bits per heavy atom. The van der Waals surface area contributed by atoms with E-state index in [0.717, 1.165) is 18.2 Å². The molecule has 0 spiro atoms. The molecule has 7 heavy (non-hydrogen) atoms. The molecule has 0 fully saturated rings. The van der Waals surface area contributed by atoms with Crippen LogP contribution in [0.5, 0.6) is 0 Å². The molecule has 44 valence electrons. The number of halogens is 1. The van der Waals surface area contributed by atoms with Gasteiger partial charge in [0.2, 0.25) is 0 Å². The third kappa shape index (κ3) is 10.9. The Bertz CT molecular complexity index is 29.3. The molecule has 0 heterocycles. The molecule has 0 saturated heterocycles. The minimum absolute atomic E-state index is 0. The maximum Gasteiger partial charge on any atom is 0.187 e. The van der Waals surface area contributed by atoms with Crippen molar-refractivity contribution in [2.24, 2.45) is 5.92 Å². The van der Waals surface area contributed by atoms with E-state index in [1.54, 1.807) is 0 Å². The van der Waals surface area contributed by atoms with Gasteiger partial charge < -0.3 is 0 Å². The fourth-order valence-electron chi connectivity index (χ4n) is 0.218. The zero-order chi connectivity index (χ0) is 4.99. The minimum atomic E-state index is 0. The van der Waals surface area contributed by atoms with E-state index in [-0.39, 0.29) is 17.4 Å². The summed E-state index contributed by atoms with van der Waals surface area (Å²) < 4.78 is 0. The highest BCUT2D eigenvalue weighted by Gasteiger charge is 1.86. The quantitative estimate of drug-likeness (QED) is 0.394. The van der Waals surface area contributed by atoms with E-state index < -0.39 is 0 Å². The first-order chi connectivity index (χ1) is 2.77. The fourth-order valence-corrected chi connectivity index (χ4v) is 0.655. The van der Waals surface area contributed by atoms with Crippen LogP contribution in [0.1, 0.15) is 20.3 Å². The van der Waals surface area contributed by atoms with Crippen molar-refractivity contribution in [3.8, 4) is 0 Å². The molecule has 0 aliphatic rings. The van der Waals surface area contributed by atoms with Crippen LogP contribution in [0.2, 0.25) is 0 Å². The third-order valence-electron chi connectivity index (χ3n) is 0.686. The first kappa shape index (κ1) is 10.7. The molecular weight excluding hydrogens is 122 g/mol. The molecule has 0 N–H and O–H groups in total. The minimum Gasteiger partial charge on any atom is -0.127 e. The van der Waals surface area contributed by atoms with Crippen molar-refractivity contribution in [1.82, 2.24) is 0 Å². The molecular formula is C5H14AlCl. The third-order valence-corrected chi connectivity index (χ3v) is 0.905. The highest BCUT2D eigenvalue weighted by molar-refractivity contribution is 6.17. The van der Waals surface area contributed by atoms with Crippen LogP contribution < -0.4 is 0 Å². The molecule has 2 heteroatoms. The summed E-state index contributed by atoms with van der Waals surface area (Å²) in [6.45, 7) is 4.34. The summed E-state index contributed by atoms with van der Waals surface area (Å²) in [5.41, 5.74) is 0. The normalized spacial score (nSPS) is 8.57. The molecule has 0 aromatic rings. The summed E-state index contributed by atoms with van der Waals surface area (Å²) in [6, 6.07) is 0. The highest BCUT2D eigenvalue weighted by atomic mass is 35.5. The van der Waals surface area contributed by atoms with E-state index in [4.69, 9.17) is 11.6 Å². The van der Waals surface area contributed by atoms with Crippen LogP contribution in [0.15, 0.2) is 0 Å². The predicted molar refractivity (Wildman–Crippen MR) is 40.1 cm³/mol.